The quantitative estimate of drug-likeness (QED) is 0.641. The first-order valence-corrected chi connectivity index (χ1v) is 8.41. The molecule has 0 spiro atoms. The summed E-state index contributed by atoms with van der Waals surface area (Å²) >= 11 is 0. The molecule has 3 unspecified atom stereocenters. The molecule has 3 atom stereocenters. The number of hydrogen-bond acceptors (Lipinski definition) is 2. The van der Waals surface area contributed by atoms with E-state index in [1.807, 2.05) is 0 Å². The molecular weight excluding hydrogens is 343 g/mol. The van der Waals surface area contributed by atoms with E-state index in [-0.39, 0.29) is 11.7 Å². The molecule has 2 aromatic carbocycles. The average molecular weight is 361 g/mol. The summed E-state index contributed by atoms with van der Waals surface area (Å²) in [5.74, 6) is 1.74. The molecule has 136 valence electrons. The van der Waals surface area contributed by atoms with Gasteiger partial charge in [0.2, 0.25) is 0 Å². The maximum Gasteiger partial charge on any atom is 0.573 e. The molecular formula is C19H18F3N3O. The van der Waals surface area contributed by atoms with Gasteiger partial charge in [-0.05, 0) is 59.6 Å². The van der Waals surface area contributed by atoms with E-state index in [9.17, 15) is 13.2 Å². The molecule has 2 aliphatic carbocycles. The lowest BCUT2D eigenvalue weighted by Crippen LogP contribution is -2.23. The lowest BCUT2D eigenvalue weighted by atomic mass is 10.0. The van der Waals surface area contributed by atoms with Gasteiger partial charge in [0.05, 0.1) is 0 Å². The summed E-state index contributed by atoms with van der Waals surface area (Å²) in [4.78, 5) is 4.39. The molecule has 2 aromatic rings. The Kier molecular flexibility index (Phi) is 4.01. The van der Waals surface area contributed by atoms with Gasteiger partial charge >= 0.3 is 6.36 Å². The highest BCUT2D eigenvalue weighted by Gasteiger charge is 2.54. The van der Waals surface area contributed by atoms with E-state index in [1.54, 1.807) is 0 Å². The third-order valence-corrected chi connectivity index (χ3v) is 5.03. The van der Waals surface area contributed by atoms with Crippen LogP contribution in [0, 0.1) is 11.8 Å². The van der Waals surface area contributed by atoms with Crippen molar-refractivity contribution >= 4 is 11.6 Å². The van der Waals surface area contributed by atoms with Crippen LogP contribution >= 0.6 is 0 Å². The van der Waals surface area contributed by atoms with Crippen molar-refractivity contribution in [3.63, 3.8) is 0 Å². The van der Waals surface area contributed by atoms with E-state index in [4.69, 9.17) is 5.73 Å². The summed E-state index contributed by atoms with van der Waals surface area (Å²) in [7, 11) is 0. The Morgan fingerprint density at radius 3 is 2.62 bits per heavy atom. The molecule has 0 bridgehead atoms. The lowest BCUT2D eigenvalue weighted by molar-refractivity contribution is -0.274. The second-order valence-electron chi connectivity index (χ2n) is 6.68. The van der Waals surface area contributed by atoms with Gasteiger partial charge in [0, 0.05) is 12.2 Å². The number of nitrogens with one attached hydrogen (secondary N) is 1. The van der Waals surface area contributed by atoms with Crippen molar-refractivity contribution in [1.82, 2.24) is 0 Å². The Bertz CT molecular complexity index is 833. The molecule has 4 nitrogen and oxygen atoms in total. The molecule has 3 N–H and O–H groups in total. The van der Waals surface area contributed by atoms with Gasteiger partial charge in [-0.1, -0.05) is 24.3 Å². The predicted octanol–water partition coefficient (Wildman–Crippen LogP) is 3.90. The molecule has 2 aliphatic rings. The summed E-state index contributed by atoms with van der Waals surface area (Å²) in [6.07, 6.45) is -3.59. The fourth-order valence-corrected chi connectivity index (χ4v) is 3.86. The van der Waals surface area contributed by atoms with Crippen molar-refractivity contribution in [3.05, 3.63) is 59.7 Å². The van der Waals surface area contributed by atoms with Crippen LogP contribution < -0.4 is 15.8 Å². The van der Waals surface area contributed by atoms with E-state index < -0.39 is 6.36 Å². The van der Waals surface area contributed by atoms with Crippen molar-refractivity contribution < 1.29 is 17.9 Å². The molecule has 0 radical (unpaired) electrons. The largest absolute Gasteiger partial charge is 0.573 e. The van der Waals surface area contributed by atoms with Gasteiger partial charge < -0.3 is 15.8 Å². The molecule has 1 fully saturated rings. The Hall–Kier alpha value is -2.70. The second-order valence-corrected chi connectivity index (χ2v) is 6.68. The van der Waals surface area contributed by atoms with Gasteiger partial charge in [0.1, 0.15) is 5.75 Å². The maximum atomic E-state index is 12.1. The van der Waals surface area contributed by atoms with Crippen molar-refractivity contribution in [3.8, 4) is 5.75 Å². The average Bonchev–Trinajstić information content (AvgIpc) is 3.12. The van der Waals surface area contributed by atoms with E-state index in [0.29, 0.717) is 30.0 Å². The molecule has 0 aliphatic heterocycles. The molecule has 7 heteroatoms. The third-order valence-electron chi connectivity index (χ3n) is 5.03. The molecule has 0 heterocycles. The number of ether oxygens (including phenoxy) is 1. The van der Waals surface area contributed by atoms with Crippen molar-refractivity contribution in [2.75, 3.05) is 11.9 Å². The Balaban J connectivity index is 1.31. The zero-order chi connectivity index (χ0) is 18.3. The molecule has 0 amide bonds. The number of alkyl halides is 3. The van der Waals surface area contributed by atoms with Crippen LogP contribution in [0.4, 0.5) is 18.9 Å². The number of guanidine groups is 1. The minimum Gasteiger partial charge on any atom is -0.406 e. The molecule has 4 rings (SSSR count). The first kappa shape index (κ1) is 16.8. The number of hydrogen-bond donors (Lipinski definition) is 2. The topological polar surface area (TPSA) is 59.6 Å². The number of anilines is 1. The number of rotatable bonds is 4. The second kappa shape index (κ2) is 6.23. The highest BCUT2D eigenvalue weighted by Crippen LogP contribution is 2.61. The third kappa shape index (κ3) is 3.47. The monoisotopic (exact) mass is 361 g/mol. The summed E-state index contributed by atoms with van der Waals surface area (Å²) in [6.45, 7) is 0.651. The highest BCUT2D eigenvalue weighted by molar-refractivity contribution is 5.92. The molecule has 26 heavy (non-hydrogen) atoms. The predicted molar refractivity (Wildman–Crippen MR) is 93.1 cm³/mol. The molecule has 1 saturated carbocycles. The van der Waals surface area contributed by atoms with Gasteiger partial charge in [0.25, 0.3) is 0 Å². The van der Waals surface area contributed by atoms with Gasteiger partial charge in [-0.25, -0.2) is 0 Å². The fourth-order valence-electron chi connectivity index (χ4n) is 3.86. The van der Waals surface area contributed by atoms with E-state index in [1.165, 1.54) is 35.4 Å². The van der Waals surface area contributed by atoms with Gasteiger partial charge in [-0.2, -0.15) is 0 Å². The lowest BCUT2D eigenvalue weighted by Gasteiger charge is -2.10. The first-order chi connectivity index (χ1) is 12.4. The molecule has 0 aromatic heterocycles. The standard InChI is InChI=1S/C19H18F3N3O/c20-19(21,22)26-13-7-5-12(6-8-13)25-18(23)24-10-16-15-9-11-3-1-2-4-14(11)17(15)16/h1-8,15-17H,9-10H2,(H3,23,24,25). The summed E-state index contributed by atoms with van der Waals surface area (Å²) in [6, 6.07) is 13.9. The van der Waals surface area contributed by atoms with Gasteiger partial charge in [-0.15, -0.1) is 13.2 Å². The van der Waals surface area contributed by atoms with E-state index >= 15 is 0 Å². The number of nitrogens with zero attached hydrogens (tertiary/aromatic N) is 1. The van der Waals surface area contributed by atoms with Crippen molar-refractivity contribution in [1.29, 1.82) is 0 Å². The number of aliphatic imine (C=N–C) groups is 1. The number of benzene rings is 2. The highest BCUT2D eigenvalue weighted by atomic mass is 19.4. The maximum absolute atomic E-state index is 12.1. The summed E-state index contributed by atoms with van der Waals surface area (Å²) < 4.78 is 40.3. The number of halogens is 3. The smallest absolute Gasteiger partial charge is 0.406 e. The van der Waals surface area contributed by atoms with Crippen molar-refractivity contribution in [2.24, 2.45) is 22.6 Å². The number of nitrogens with two attached hydrogens (primary N) is 1. The zero-order valence-corrected chi connectivity index (χ0v) is 13.8. The Morgan fingerprint density at radius 1 is 1.15 bits per heavy atom. The van der Waals surface area contributed by atoms with Crippen LogP contribution in [0.1, 0.15) is 17.0 Å². The van der Waals surface area contributed by atoms with Crippen LogP contribution in [-0.4, -0.2) is 18.9 Å². The summed E-state index contributed by atoms with van der Waals surface area (Å²) in [5, 5.41) is 2.89. The molecule has 0 saturated heterocycles. The Morgan fingerprint density at radius 2 is 1.88 bits per heavy atom. The van der Waals surface area contributed by atoms with Crippen LogP contribution in [-0.2, 0) is 6.42 Å². The number of fused-ring (bicyclic) bond motifs is 3. The van der Waals surface area contributed by atoms with Crippen LogP contribution in [0.15, 0.2) is 53.5 Å². The first-order valence-electron chi connectivity index (χ1n) is 8.41. The van der Waals surface area contributed by atoms with Crippen LogP contribution in [0.25, 0.3) is 0 Å². The van der Waals surface area contributed by atoms with Crippen LogP contribution in [0.5, 0.6) is 5.75 Å². The van der Waals surface area contributed by atoms with Gasteiger partial charge in [-0.3, -0.25) is 4.99 Å². The normalized spacial score (nSPS) is 24.0. The van der Waals surface area contributed by atoms with Crippen molar-refractivity contribution in [2.45, 2.75) is 18.7 Å². The van der Waals surface area contributed by atoms with E-state index in [0.717, 1.165) is 6.42 Å². The van der Waals surface area contributed by atoms with Crippen LogP contribution in [0.3, 0.4) is 0 Å². The van der Waals surface area contributed by atoms with E-state index in [2.05, 4.69) is 39.3 Å². The van der Waals surface area contributed by atoms with Crippen LogP contribution in [0.2, 0.25) is 0 Å². The fraction of sp³-hybridized carbons (Fsp3) is 0.316. The zero-order valence-electron chi connectivity index (χ0n) is 13.8. The SMILES string of the molecule is NC(=NCC1C2Cc3ccccc3C12)Nc1ccc(OC(F)(F)F)cc1. The Labute approximate surface area is 148 Å². The minimum atomic E-state index is -4.70. The minimum absolute atomic E-state index is 0.257. The summed E-state index contributed by atoms with van der Waals surface area (Å²) in [5.41, 5.74) is 9.33. The van der Waals surface area contributed by atoms with Gasteiger partial charge in [0.15, 0.2) is 5.96 Å².